The van der Waals surface area contributed by atoms with Gasteiger partial charge in [0.05, 0.1) is 25.2 Å². The SMILES string of the molecule is CN=C(NCc1cc(Br)c(OC)c(OC)c1)NCc1ccc(C)s1.I. The van der Waals surface area contributed by atoms with E-state index in [0.29, 0.717) is 18.0 Å². The second kappa shape index (κ2) is 10.9. The molecule has 0 fully saturated rings. The van der Waals surface area contributed by atoms with Crippen LogP contribution in [0.2, 0.25) is 0 Å². The minimum Gasteiger partial charge on any atom is -0.493 e. The number of hydrogen-bond donors (Lipinski definition) is 2. The Morgan fingerprint density at radius 2 is 1.88 bits per heavy atom. The molecule has 138 valence electrons. The first-order chi connectivity index (χ1) is 11.6. The van der Waals surface area contributed by atoms with E-state index in [-0.39, 0.29) is 24.0 Å². The molecule has 2 rings (SSSR count). The molecule has 0 unspecified atom stereocenters. The number of hydrogen-bond acceptors (Lipinski definition) is 4. The smallest absolute Gasteiger partial charge is 0.191 e. The molecule has 0 saturated carbocycles. The lowest BCUT2D eigenvalue weighted by Gasteiger charge is -2.14. The number of nitrogens with one attached hydrogen (secondary N) is 2. The lowest BCUT2D eigenvalue weighted by Crippen LogP contribution is -2.36. The molecule has 0 saturated heterocycles. The number of nitrogens with zero attached hydrogens (tertiary/aromatic N) is 1. The predicted molar refractivity (Wildman–Crippen MR) is 119 cm³/mol. The Bertz CT molecular complexity index is 722. The maximum atomic E-state index is 5.37. The highest BCUT2D eigenvalue weighted by Crippen LogP contribution is 2.36. The second-order valence-corrected chi connectivity index (χ2v) is 7.33. The number of aryl methyl sites for hydroxylation is 1. The summed E-state index contributed by atoms with van der Waals surface area (Å²) >= 11 is 5.29. The predicted octanol–water partition coefficient (Wildman–Crippen LogP) is 4.32. The average molecular weight is 540 g/mol. The number of thiophene rings is 1. The van der Waals surface area contributed by atoms with Crippen LogP contribution in [0.3, 0.4) is 0 Å². The lowest BCUT2D eigenvalue weighted by molar-refractivity contribution is 0.352. The maximum absolute atomic E-state index is 5.37. The zero-order valence-electron chi connectivity index (χ0n) is 14.7. The van der Waals surface area contributed by atoms with Gasteiger partial charge in [0.15, 0.2) is 17.5 Å². The molecule has 8 heteroatoms. The summed E-state index contributed by atoms with van der Waals surface area (Å²) in [6.45, 7) is 3.49. The van der Waals surface area contributed by atoms with Crippen molar-refractivity contribution in [3.8, 4) is 11.5 Å². The van der Waals surface area contributed by atoms with Crippen LogP contribution in [0.4, 0.5) is 0 Å². The standard InChI is InChI=1S/C17H22BrN3O2S.HI/c1-11-5-6-13(24-11)10-21-17(19-2)20-9-12-7-14(18)16(23-4)15(8-12)22-3;/h5-8H,9-10H2,1-4H3,(H2,19,20,21);1H. The number of aliphatic imine (C=N–C) groups is 1. The Morgan fingerprint density at radius 1 is 1.16 bits per heavy atom. The summed E-state index contributed by atoms with van der Waals surface area (Å²) in [5.41, 5.74) is 1.06. The van der Waals surface area contributed by atoms with E-state index in [1.807, 2.05) is 12.1 Å². The number of methoxy groups -OCH3 is 2. The largest absolute Gasteiger partial charge is 0.493 e. The summed E-state index contributed by atoms with van der Waals surface area (Å²) in [6.07, 6.45) is 0. The molecule has 1 heterocycles. The van der Waals surface area contributed by atoms with Gasteiger partial charge in [-0.1, -0.05) is 0 Å². The highest BCUT2D eigenvalue weighted by molar-refractivity contribution is 14.0. The number of rotatable bonds is 6. The van der Waals surface area contributed by atoms with Gasteiger partial charge in [-0.15, -0.1) is 35.3 Å². The molecule has 0 bridgehead atoms. The number of benzene rings is 1. The van der Waals surface area contributed by atoms with Crippen LogP contribution in [0.1, 0.15) is 15.3 Å². The molecule has 0 amide bonds. The fourth-order valence-electron chi connectivity index (χ4n) is 2.23. The molecule has 0 aliphatic rings. The van der Waals surface area contributed by atoms with Gasteiger partial charge in [-0.25, -0.2) is 0 Å². The van der Waals surface area contributed by atoms with Crippen LogP contribution in [-0.2, 0) is 13.1 Å². The fourth-order valence-corrected chi connectivity index (χ4v) is 3.71. The highest BCUT2D eigenvalue weighted by Gasteiger charge is 2.10. The van der Waals surface area contributed by atoms with Crippen molar-refractivity contribution in [2.45, 2.75) is 20.0 Å². The van der Waals surface area contributed by atoms with Crippen molar-refractivity contribution in [2.75, 3.05) is 21.3 Å². The Labute approximate surface area is 178 Å². The monoisotopic (exact) mass is 539 g/mol. The first kappa shape index (κ1) is 22.0. The van der Waals surface area contributed by atoms with Crippen molar-refractivity contribution in [3.63, 3.8) is 0 Å². The van der Waals surface area contributed by atoms with E-state index in [2.05, 4.69) is 50.6 Å². The van der Waals surface area contributed by atoms with Crippen LogP contribution in [-0.4, -0.2) is 27.2 Å². The molecule has 2 N–H and O–H groups in total. The van der Waals surface area contributed by atoms with E-state index in [9.17, 15) is 0 Å². The van der Waals surface area contributed by atoms with Gasteiger partial charge in [-0.05, 0) is 52.7 Å². The first-order valence-electron chi connectivity index (χ1n) is 7.47. The van der Waals surface area contributed by atoms with Crippen molar-refractivity contribution < 1.29 is 9.47 Å². The summed E-state index contributed by atoms with van der Waals surface area (Å²) in [7, 11) is 5.02. The van der Waals surface area contributed by atoms with Crippen LogP contribution in [0, 0.1) is 6.92 Å². The lowest BCUT2D eigenvalue weighted by atomic mass is 10.2. The maximum Gasteiger partial charge on any atom is 0.191 e. The van der Waals surface area contributed by atoms with Gasteiger partial charge in [-0.2, -0.15) is 0 Å². The van der Waals surface area contributed by atoms with Crippen molar-refractivity contribution in [2.24, 2.45) is 4.99 Å². The Balaban J connectivity index is 0.00000312. The molecule has 5 nitrogen and oxygen atoms in total. The minimum absolute atomic E-state index is 0. The van der Waals surface area contributed by atoms with E-state index >= 15 is 0 Å². The molecule has 1 aromatic heterocycles. The van der Waals surface area contributed by atoms with Gasteiger partial charge >= 0.3 is 0 Å². The van der Waals surface area contributed by atoms with Crippen LogP contribution in [0.5, 0.6) is 11.5 Å². The molecule has 0 atom stereocenters. The summed E-state index contributed by atoms with van der Waals surface area (Å²) < 4.78 is 11.6. The molecule has 2 aromatic rings. The Kier molecular flexibility index (Phi) is 9.58. The normalized spacial score (nSPS) is 10.8. The zero-order chi connectivity index (χ0) is 17.5. The third-order valence-electron chi connectivity index (χ3n) is 3.40. The zero-order valence-corrected chi connectivity index (χ0v) is 19.4. The third-order valence-corrected chi connectivity index (χ3v) is 4.99. The number of halogens is 2. The Hall–Kier alpha value is -1.000. The van der Waals surface area contributed by atoms with E-state index in [0.717, 1.165) is 22.5 Å². The summed E-state index contributed by atoms with van der Waals surface area (Å²) in [5.74, 6) is 2.14. The minimum atomic E-state index is 0. The van der Waals surface area contributed by atoms with Crippen molar-refractivity contribution >= 4 is 57.2 Å². The number of guanidine groups is 1. The van der Waals surface area contributed by atoms with Gasteiger partial charge in [0, 0.05) is 23.3 Å². The van der Waals surface area contributed by atoms with Crippen LogP contribution < -0.4 is 20.1 Å². The Morgan fingerprint density at radius 3 is 2.44 bits per heavy atom. The summed E-state index contributed by atoms with van der Waals surface area (Å²) in [4.78, 5) is 6.85. The topological polar surface area (TPSA) is 54.9 Å². The average Bonchev–Trinajstić information content (AvgIpc) is 2.99. The molecule has 1 aromatic carbocycles. The van der Waals surface area contributed by atoms with E-state index in [4.69, 9.17) is 9.47 Å². The van der Waals surface area contributed by atoms with Gasteiger partial charge in [0.1, 0.15) is 0 Å². The first-order valence-corrected chi connectivity index (χ1v) is 9.08. The molecule has 25 heavy (non-hydrogen) atoms. The van der Waals surface area contributed by atoms with E-state index < -0.39 is 0 Å². The van der Waals surface area contributed by atoms with Gasteiger partial charge < -0.3 is 20.1 Å². The second-order valence-electron chi connectivity index (χ2n) is 5.10. The van der Waals surface area contributed by atoms with E-state index in [1.165, 1.54) is 9.75 Å². The fraction of sp³-hybridized carbons (Fsp3) is 0.353. The van der Waals surface area contributed by atoms with Crippen molar-refractivity contribution in [3.05, 3.63) is 44.1 Å². The summed E-state index contributed by atoms with van der Waals surface area (Å²) in [5, 5.41) is 6.62. The van der Waals surface area contributed by atoms with Gasteiger partial charge in [0.2, 0.25) is 0 Å². The molecule has 0 aliphatic carbocycles. The molecule has 0 aliphatic heterocycles. The van der Waals surface area contributed by atoms with Crippen molar-refractivity contribution in [1.29, 1.82) is 0 Å². The highest BCUT2D eigenvalue weighted by atomic mass is 127. The molecule has 0 spiro atoms. The number of ether oxygens (including phenoxy) is 2. The third kappa shape index (κ3) is 6.34. The van der Waals surface area contributed by atoms with E-state index in [1.54, 1.807) is 32.6 Å². The molecule has 0 radical (unpaired) electrons. The van der Waals surface area contributed by atoms with Crippen molar-refractivity contribution in [1.82, 2.24) is 10.6 Å². The van der Waals surface area contributed by atoms with Gasteiger partial charge in [-0.3, -0.25) is 4.99 Å². The quantitative estimate of drug-likeness (QED) is 0.326. The molecular formula is C17H23BrIN3O2S. The van der Waals surface area contributed by atoms with Crippen LogP contribution >= 0.6 is 51.2 Å². The summed E-state index contributed by atoms with van der Waals surface area (Å²) in [6, 6.07) is 8.21. The van der Waals surface area contributed by atoms with Gasteiger partial charge in [0.25, 0.3) is 0 Å². The van der Waals surface area contributed by atoms with Crippen LogP contribution in [0.15, 0.2) is 33.7 Å². The van der Waals surface area contributed by atoms with Crippen LogP contribution in [0.25, 0.3) is 0 Å². The molecular weight excluding hydrogens is 517 g/mol.